The predicted octanol–water partition coefficient (Wildman–Crippen LogP) is 6.32. The highest BCUT2D eigenvalue weighted by atomic mass is 32.2. The molecule has 1 aliphatic heterocycles. The first-order valence-corrected chi connectivity index (χ1v) is 14.9. The van der Waals surface area contributed by atoms with Crippen LogP contribution in [0.4, 0.5) is 5.69 Å². The lowest BCUT2D eigenvalue weighted by molar-refractivity contribution is -0.245. The maximum Gasteiger partial charge on any atom is 0.303 e. The van der Waals surface area contributed by atoms with Gasteiger partial charge in [0, 0.05) is 36.3 Å². The molecule has 1 fully saturated rings. The molecule has 3 atom stereocenters. The van der Waals surface area contributed by atoms with Crippen LogP contribution < -0.4 is 5.32 Å². The van der Waals surface area contributed by atoms with Crippen LogP contribution in [-0.4, -0.2) is 38.9 Å². The molecule has 0 saturated carbocycles. The zero-order valence-electron chi connectivity index (χ0n) is 21.7. The first-order chi connectivity index (χ1) is 19.5. The summed E-state index contributed by atoms with van der Waals surface area (Å²) in [4.78, 5) is 27.6. The number of rotatable bonds is 11. The Hall–Kier alpha value is -3.28. The van der Waals surface area contributed by atoms with Crippen LogP contribution in [0.15, 0.2) is 77.1 Å². The summed E-state index contributed by atoms with van der Waals surface area (Å²) >= 11 is 3.35. The Kier molecular flexibility index (Phi) is 9.45. The van der Waals surface area contributed by atoms with Gasteiger partial charge in [-0.15, -0.1) is 11.3 Å². The summed E-state index contributed by atoms with van der Waals surface area (Å²) < 4.78 is 15.0. The predicted molar refractivity (Wildman–Crippen MR) is 155 cm³/mol. The largest absolute Gasteiger partial charge is 0.481 e. The maximum atomic E-state index is 12.1. The number of thiazole rings is 1. The molecule has 10 heteroatoms. The van der Waals surface area contributed by atoms with E-state index >= 15 is 0 Å². The minimum absolute atomic E-state index is 0.0125. The summed E-state index contributed by atoms with van der Waals surface area (Å²) in [7, 11) is 0. The van der Waals surface area contributed by atoms with E-state index in [-0.39, 0.29) is 37.6 Å². The molecule has 0 spiro atoms. The van der Waals surface area contributed by atoms with Crippen molar-refractivity contribution in [2.24, 2.45) is 0 Å². The fourth-order valence-electron chi connectivity index (χ4n) is 4.45. The van der Waals surface area contributed by atoms with Crippen LogP contribution in [0.5, 0.6) is 0 Å². The number of nitrogens with zero attached hydrogens (tertiary/aromatic N) is 1. The van der Waals surface area contributed by atoms with Crippen molar-refractivity contribution in [3.8, 4) is 0 Å². The smallest absolute Gasteiger partial charge is 0.303 e. The quantitative estimate of drug-likeness (QED) is 0.177. The van der Waals surface area contributed by atoms with E-state index in [1.54, 1.807) is 35.2 Å². The first-order valence-electron chi connectivity index (χ1n) is 13.1. The number of nitrogens with one attached hydrogen (secondary N) is 1. The van der Waals surface area contributed by atoms with Crippen molar-refractivity contribution in [3.63, 3.8) is 0 Å². The lowest BCUT2D eigenvalue weighted by Gasteiger charge is -2.36. The summed E-state index contributed by atoms with van der Waals surface area (Å²) in [5.74, 6) is -0.420. The molecule has 208 valence electrons. The van der Waals surface area contributed by atoms with E-state index in [9.17, 15) is 14.7 Å². The van der Waals surface area contributed by atoms with Crippen LogP contribution in [0, 0.1) is 0 Å². The zero-order valence-corrected chi connectivity index (χ0v) is 23.3. The van der Waals surface area contributed by atoms with Gasteiger partial charge in [-0.1, -0.05) is 60.3 Å². The monoisotopic (exact) mass is 578 g/mol. The summed E-state index contributed by atoms with van der Waals surface area (Å²) in [6.07, 6.45) is 0.196. The van der Waals surface area contributed by atoms with Gasteiger partial charge in [0.05, 0.1) is 29.0 Å². The van der Waals surface area contributed by atoms with Crippen LogP contribution in [-0.2, 0) is 25.7 Å². The normalized spacial score (nSPS) is 19.0. The molecule has 40 heavy (non-hydrogen) atoms. The fraction of sp³-hybridized carbons (Fsp3) is 0.300. The van der Waals surface area contributed by atoms with Crippen LogP contribution in [0.3, 0.4) is 0 Å². The zero-order chi connectivity index (χ0) is 27.9. The van der Waals surface area contributed by atoms with Gasteiger partial charge in [0.1, 0.15) is 0 Å². The molecule has 5 rings (SSSR count). The van der Waals surface area contributed by atoms with Crippen molar-refractivity contribution >= 4 is 50.9 Å². The van der Waals surface area contributed by atoms with Gasteiger partial charge in [0.25, 0.3) is 0 Å². The van der Waals surface area contributed by atoms with E-state index in [1.165, 1.54) is 0 Å². The Morgan fingerprint density at radius 3 is 2.45 bits per heavy atom. The van der Waals surface area contributed by atoms with Gasteiger partial charge in [-0.3, -0.25) is 9.59 Å². The average molecular weight is 579 g/mol. The number of aliphatic hydroxyl groups is 1. The Labute approximate surface area is 240 Å². The third-order valence-electron chi connectivity index (χ3n) is 6.54. The number of aliphatic hydroxyl groups excluding tert-OH is 1. The topological polar surface area (TPSA) is 118 Å². The Bertz CT molecular complexity index is 1410. The molecular weight excluding hydrogens is 548 g/mol. The number of carboxylic acids is 1. The molecule has 0 bridgehead atoms. The second-order valence-electron chi connectivity index (χ2n) is 9.53. The Morgan fingerprint density at radius 1 is 0.975 bits per heavy atom. The molecule has 1 saturated heterocycles. The summed E-state index contributed by atoms with van der Waals surface area (Å²) in [5.41, 5.74) is 4.31. The van der Waals surface area contributed by atoms with E-state index in [4.69, 9.17) is 19.6 Å². The minimum atomic E-state index is -0.913. The van der Waals surface area contributed by atoms with Crippen molar-refractivity contribution in [1.82, 2.24) is 4.98 Å². The minimum Gasteiger partial charge on any atom is -0.481 e. The van der Waals surface area contributed by atoms with Crippen molar-refractivity contribution < 1.29 is 29.3 Å². The van der Waals surface area contributed by atoms with E-state index < -0.39 is 12.3 Å². The molecule has 2 heterocycles. The molecule has 0 unspecified atom stereocenters. The standard InChI is InChI=1S/C30H30N2O6S2/c33-17-19-8-10-20(11-9-19)25-16-23(18-39-30-32-24-4-1-2-5-26(24)40-30)37-29(38-25)21-12-14-22(15-13-21)31-27(34)6-3-7-28(35)36/h1-2,4-5,8-15,23,25,29,33H,3,6-7,16-18H2,(H,31,34)(H,35,36)/t23-,25+,29+/m0/s1. The molecule has 1 aliphatic rings. The van der Waals surface area contributed by atoms with Crippen molar-refractivity contribution in [2.45, 2.75) is 55.1 Å². The molecule has 4 aromatic rings. The van der Waals surface area contributed by atoms with Gasteiger partial charge in [0.2, 0.25) is 5.91 Å². The number of para-hydroxylation sites is 1. The number of carbonyl (C=O) groups excluding carboxylic acids is 1. The first kappa shape index (κ1) is 28.3. The second-order valence-corrected chi connectivity index (χ2v) is 11.8. The van der Waals surface area contributed by atoms with E-state index in [2.05, 4.69) is 11.4 Å². The van der Waals surface area contributed by atoms with Crippen LogP contribution in [0.25, 0.3) is 10.2 Å². The number of amides is 1. The third kappa shape index (κ3) is 7.47. The number of carbonyl (C=O) groups is 2. The molecule has 3 aromatic carbocycles. The number of aromatic nitrogens is 1. The van der Waals surface area contributed by atoms with Crippen molar-refractivity contribution in [2.75, 3.05) is 11.1 Å². The van der Waals surface area contributed by atoms with Crippen molar-refractivity contribution in [3.05, 3.63) is 89.5 Å². The van der Waals surface area contributed by atoms with Gasteiger partial charge in [0.15, 0.2) is 10.6 Å². The summed E-state index contributed by atoms with van der Waals surface area (Å²) in [6, 6.07) is 23.2. The molecule has 1 aromatic heterocycles. The lowest BCUT2D eigenvalue weighted by Crippen LogP contribution is -2.31. The number of hydrogen-bond acceptors (Lipinski definition) is 8. The Balaban J connectivity index is 1.27. The van der Waals surface area contributed by atoms with Crippen molar-refractivity contribution in [1.29, 1.82) is 0 Å². The molecule has 0 aliphatic carbocycles. The van der Waals surface area contributed by atoms with Gasteiger partial charge in [-0.05, 0) is 41.8 Å². The maximum absolute atomic E-state index is 12.1. The lowest BCUT2D eigenvalue weighted by atomic mass is 10.0. The number of aliphatic carboxylic acids is 1. The summed E-state index contributed by atoms with van der Waals surface area (Å²) in [6.45, 7) is -0.0125. The van der Waals surface area contributed by atoms with Gasteiger partial charge < -0.3 is 25.0 Å². The number of thioether (sulfide) groups is 1. The van der Waals surface area contributed by atoms with E-state index in [0.29, 0.717) is 18.5 Å². The SMILES string of the molecule is O=C(O)CCCC(=O)Nc1ccc([C@@H]2O[C@H](CSc3nc4ccccc4s3)C[C@H](c3ccc(CO)cc3)O2)cc1. The number of anilines is 1. The Morgan fingerprint density at radius 2 is 1.73 bits per heavy atom. The van der Waals surface area contributed by atoms with E-state index in [1.807, 2.05) is 54.6 Å². The van der Waals surface area contributed by atoms with Crippen LogP contribution >= 0.6 is 23.1 Å². The summed E-state index contributed by atoms with van der Waals surface area (Å²) in [5, 5.41) is 21.0. The molecule has 0 radical (unpaired) electrons. The highest BCUT2D eigenvalue weighted by Crippen LogP contribution is 2.40. The second kappa shape index (κ2) is 13.4. The highest BCUT2D eigenvalue weighted by molar-refractivity contribution is 8.01. The van der Waals surface area contributed by atoms with Gasteiger partial charge in [-0.2, -0.15) is 0 Å². The molecule has 8 nitrogen and oxygen atoms in total. The fourth-order valence-corrected chi connectivity index (χ4v) is 6.56. The third-order valence-corrected chi connectivity index (χ3v) is 8.85. The average Bonchev–Trinajstić information content (AvgIpc) is 3.39. The van der Waals surface area contributed by atoms with Gasteiger partial charge >= 0.3 is 5.97 Å². The number of benzene rings is 3. The van der Waals surface area contributed by atoms with E-state index in [0.717, 1.165) is 37.0 Å². The number of carboxylic acid groups (broad SMARTS) is 1. The van der Waals surface area contributed by atoms with Crippen LogP contribution in [0.2, 0.25) is 0 Å². The molecule has 1 amide bonds. The van der Waals surface area contributed by atoms with Gasteiger partial charge in [-0.25, -0.2) is 4.98 Å². The molecular formula is C30H30N2O6S2. The molecule has 3 N–H and O–H groups in total. The highest BCUT2D eigenvalue weighted by Gasteiger charge is 2.32. The number of hydrogen-bond donors (Lipinski definition) is 3. The van der Waals surface area contributed by atoms with Crippen LogP contribution in [0.1, 0.15) is 54.8 Å². The number of ether oxygens (including phenoxy) is 2. The number of fused-ring (bicyclic) bond motifs is 1.